The lowest BCUT2D eigenvalue weighted by atomic mass is 9.95. The van der Waals surface area contributed by atoms with Crippen LogP contribution in [0.3, 0.4) is 0 Å². The molecule has 0 bridgehead atoms. The van der Waals surface area contributed by atoms with E-state index in [4.69, 9.17) is 11.6 Å². The van der Waals surface area contributed by atoms with E-state index < -0.39 is 0 Å². The molecule has 2 aromatic carbocycles. The molecule has 2 unspecified atom stereocenters. The molecule has 2 rings (SSSR count). The topological polar surface area (TPSA) is 0 Å². The third kappa shape index (κ3) is 3.21. The van der Waals surface area contributed by atoms with Crippen LogP contribution in [-0.2, 0) is 0 Å². The Morgan fingerprint density at radius 1 is 1.00 bits per heavy atom. The van der Waals surface area contributed by atoms with E-state index in [1.54, 1.807) is 13.0 Å². The smallest absolute Gasteiger partial charge is 0.126 e. The van der Waals surface area contributed by atoms with E-state index in [0.29, 0.717) is 11.5 Å². The molecular weight excluding hydrogens is 271 g/mol. The Hall–Kier alpha value is -1.34. The fourth-order valence-corrected chi connectivity index (χ4v) is 2.47. The number of aryl methyl sites for hydroxylation is 1. The fraction of sp³-hybridized carbons (Fsp3) is 0.333. The molecule has 0 N–H and O–H groups in total. The molecule has 20 heavy (non-hydrogen) atoms. The Labute approximate surface area is 125 Å². The van der Waals surface area contributed by atoms with Gasteiger partial charge in [-0.1, -0.05) is 50.2 Å². The van der Waals surface area contributed by atoms with Crippen molar-refractivity contribution in [2.24, 2.45) is 0 Å². The summed E-state index contributed by atoms with van der Waals surface area (Å²) in [5.74, 6) is 0.346. The van der Waals surface area contributed by atoms with Gasteiger partial charge in [-0.05, 0) is 47.6 Å². The minimum Gasteiger partial charge on any atom is -0.207 e. The van der Waals surface area contributed by atoms with Crippen LogP contribution in [0.2, 0.25) is 0 Å². The van der Waals surface area contributed by atoms with E-state index in [1.165, 1.54) is 11.6 Å². The summed E-state index contributed by atoms with van der Waals surface area (Å²) < 4.78 is 13.6. The van der Waals surface area contributed by atoms with E-state index in [0.717, 1.165) is 17.5 Å². The van der Waals surface area contributed by atoms with Gasteiger partial charge in [-0.3, -0.25) is 0 Å². The van der Waals surface area contributed by atoms with E-state index in [2.05, 4.69) is 26.0 Å². The maximum absolute atomic E-state index is 13.6. The van der Waals surface area contributed by atoms with Crippen LogP contribution in [0, 0.1) is 12.7 Å². The number of hydrogen-bond acceptors (Lipinski definition) is 0. The maximum Gasteiger partial charge on any atom is 0.126 e. The molecule has 0 saturated carbocycles. The highest BCUT2D eigenvalue weighted by atomic mass is 35.5. The standard InChI is InChI=1S/C18H20ClF/c1-4-12(2)14-7-9-15(10-8-14)18(19)16-6-5-13(3)17(20)11-16/h5-12,18H,4H2,1-3H3. The molecule has 0 radical (unpaired) electrons. The van der Waals surface area contributed by atoms with E-state index in [-0.39, 0.29) is 11.2 Å². The molecule has 0 heterocycles. The van der Waals surface area contributed by atoms with Crippen molar-refractivity contribution in [3.8, 4) is 0 Å². The van der Waals surface area contributed by atoms with Gasteiger partial charge in [0.15, 0.2) is 0 Å². The van der Waals surface area contributed by atoms with Gasteiger partial charge in [0.05, 0.1) is 5.38 Å². The zero-order valence-corrected chi connectivity index (χ0v) is 12.9. The van der Waals surface area contributed by atoms with Crippen molar-refractivity contribution in [2.75, 3.05) is 0 Å². The van der Waals surface area contributed by atoms with Gasteiger partial charge in [0, 0.05) is 0 Å². The second-order valence-corrected chi connectivity index (χ2v) is 5.78. The zero-order valence-electron chi connectivity index (χ0n) is 12.2. The SMILES string of the molecule is CCC(C)c1ccc(C(Cl)c2ccc(C)c(F)c2)cc1. The van der Waals surface area contributed by atoms with Crippen molar-refractivity contribution >= 4 is 11.6 Å². The van der Waals surface area contributed by atoms with Crippen molar-refractivity contribution in [3.05, 3.63) is 70.5 Å². The van der Waals surface area contributed by atoms with Crippen molar-refractivity contribution in [1.82, 2.24) is 0 Å². The van der Waals surface area contributed by atoms with Crippen molar-refractivity contribution in [3.63, 3.8) is 0 Å². The number of hydrogen-bond donors (Lipinski definition) is 0. The van der Waals surface area contributed by atoms with Crippen LogP contribution >= 0.6 is 11.6 Å². The molecule has 0 spiro atoms. The monoisotopic (exact) mass is 290 g/mol. The summed E-state index contributed by atoms with van der Waals surface area (Å²) in [7, 11) is 0. The number of halogens is 2. The lowest BCUT2D eigenvalue weighted by Gasteiger charge is -2.14. The van der Waals surface area contributed by atoms with Crippen molar-refractivity contribution < 1.29 is 4.39 Å². The fourth-order valence-electron chi connectivity index (χ4n) is 2.19. The highest BCUT2D eigenvalue weighted by molar-refractivity contribution is 6.22. The summed E-state index contributed by atoms with van der Waals surface area (Å²) in [6.07, 6.45) is 1.12. The first-order valence-corrected chi connectivity index (χ1v) is 7.46. The first-order chi connectivity index (χ1) is 9.52. The molecule has 0 aliphatic rings. The van der Waals surface area contributed by atoms with Gasteiger partial charge in [0.1, 0.15) is 5.82 Å². The third-order valence-electron chi connectivity index (χ3n) is 3.90. The van der Waals surface area contributed by atoms with Crippen LogP contribution in [0.25, 0.3) is 0 Å². The van der Waals surface area contributed by atoms with Crippen LogP contribution in [0.15, 0.2) is 42.5 Å². The number of alkyl halides is 1. The first kappa shape index (κ1) is 15.1. The zero-order chi connectivity index (χ0) is 14.7. The largest absolute Gasteiger partial charge is 0.207 e. The Balaban J connectivity index is 2.24. The highest BCUT2D eigenvalue weighted by Gasteiger charge is 2.13. The summed E-state index contributed by atoms with van der Waals surface area (Å²) in [5, 5.41) is -0.309. The summed E-state index contributed by atoms with van der Waals surface area (Å²) in [5.41, 5.74) is 3.76. The van der Waals surface area contributed by atoms with Crippen LogP contribution < -0.4 is 0 Å². The quantitative estimate of drug-likeness (QED) is 0.608. The third-order valence-corrected chi connectivity index (χ3v) is 4.40. The summed E-state index contributed by atoms with van der Waals surface area (Å²) in [6.45, 7) is 6.14. The van der Waals surface area contributed by atoms with Crippen molar-refractivity contribution in [2.45, 2.75) is 38.5 Å². The Bertz CT molecular complexity index is 574. The first-order valence-electron chi connectivity index (χ1n) is 7.03. The number of rotatable bonds is 4. The van der Waals surface area contributed by atoms with Crippen LogP contribution in [-0.4, -0.2) is 0 Å². The van der Waals surface area contributed by atoms with Gasteiger partial charge >= 0.3 is 0 Å². The molecule has 2 atom stereocenters. The van der Waals surface area contributed by atoms with E-state index in [9.17, 15) is 4.39 Å². The Kier molecular flexibility index (Phi) is 4.82. The second-order valence-electron chi connectivity index (χ2n) is 5.35. The van der Waals surface area contributed by atoms with Crippen molar-refractivity contribution in [1.29, 1.82) is 0 Å². The predicted octanol–water partition coefficient (Wildman–Crippen LogP) is 5.98. The van der Waals surface area contributed by atoms with Gasteiger partial charge < -0.3 is 0 Å². The normalized spacial score (nSPS) is 14.1. The molecule has 0 aliphatic heterocycles. The molecule has 0 saturated heterocycles. The molecule has 0 amide bonds. The molecule has 0 nitrogen and oxygen atoms in total. The molecule has 0 fully saturated rings. The highest BCUT2D eigenvalue weighted by Crippen LogP contribution is 2.31. The minimum absolute atomic E-state index is 0.204. The Morgan fingerprint density at radius 3 is 2.10 bits per heavy atom. The Morgan fingerprint density at radius 2 is 1.55 bits per heavy atom. The summed E-state index contributed by atoms with van der Waals surface area (Å²) in [6, 6.07) is 13.5. The summed E-state index contributed by atoms with van der Waals surface area (Å²) in [4.78, 5) is 0. The molecule has 106 valence electrons. The lowest BCUT2D eigenvalue weighted by molar-refractivity contribution is 0.616. The minimum atomic E-state index is -0.309. The second kappa shape index (κ2) is 6.41. The van der Waals surface area contributed by atoms with Gasteiger partial charge in [-0.15, -0.1) is 11.6 Å². The van der Waals surface area contributed by atoms with E-state index >= 15 is 0 Å². The summed E-state index contributed by atoms with van der Waals surface area (Å²) >= 11 is 6.46. The number of benzene rings is 2. The van der Waals surface area contributed by atoms with Gasteiger partial charge in [0.25, 0.3) is 0 Å². The van der Waals surface area contributed by atoms with Crippen LogP contribution in [0.1, 0.15) is 53.8 Å². The van der Waals surface area contributed by atoms with Crippen LogP contribution in [0.4, 0.5) is 4.39 Å². The molecular formula is C18H20ClF. The lowest BCUT2D eigenvalue weighted by Crippen LogP contribution is -1.97. The van der Waals surface area contributed by atoms with E-state index in [1.807, 2.05) is 18.2 Å². The van der Waals surface area contributed by atoms with Gasteiger partial charge in [0.2, 0.25) is 0 Å². The predicted molar refractivity (Wildman–Crippen MR) is 84.0 cm³/mol. The van der Waals surface area contributed by atoms with Gasteiger partial charge in [-0.25, -0.2) is 4.39 Å². The van der Waals surface area contributed by atoms with Crippen LogP contribution in [0.5, 0.6) is 0 Å². The molecule has 0 aromatic heterocycles. The molecule has 0 aliphatic carbocycles. The van der Waals surface area contributed by atoms with Gasteiger partial charge in [-0.2, -0.15) is 0 Å². The molecule has 2 heteroatoms. The average Bonchev–Trinajstić information content (AvgIpc) is 2.48. The maximum atomic E-state index is 13.6. The average molecular weight is 291 g/mol. The molecule has 2 aromatic rings.